The number of hydrogen-bond acceptors (Lipinski definition) is 2. The first-order valence-corrected chi connectivity index (χ1v) is 5.88. The smallest absolute Gasteiger partial charge is 0.166 e. The number of ketones is 1. The van der Waals surface area contributed by atoms with E-state index in [4.69, 9.17) is 11.6 Å². The molecule has 0 fully saturated rings. The average Bonchev–Trinajstić information content (AvgIpc) is 2.23. The van der Waals surface area contributed by atoms with Gasteiger partial charge < -0.3 is 5.11 Å². The molecular formula is C13H17ClO2. The summed E-state index contributed by atoms with van der Waals surface area (Å²) >= 11 is 6.07. The lowest BCUT2D eigenvalue weighted by atomic mass is 9.98. The molecule has 1 aromatic carbocycles. The second kappa shape index (κ2) is 5.35. The maximum Gasteiger partial charge on any atom is 0.166 e. The van der Waals surface area contributed by atoms with E-state index in [9.17, 15) is 9.90 Å². The number of rotatable bonds is 4. The van der Waals surface area contributed by atoms with Gasteiger partial charge in [-0.2, -0.15) is 0 Å². The number of aryl methyl sites for hydroxylation is 1. The molecule has 0 aromatic heterocycles. The van der Waals surface area contributed by atoms with Gasteiger partial charge in [0.25, 0.3) is 0 Å². The van der Waals surface area contributed by atoms with E-state index in [0.717, 1.165) is 18.4 Å². The minimum Gasteiger partial charge on any atom is -0.507 e. The van der Waals surface area contributed by atoms with E-state index in [1.165, 1.54) is 0 Å². The fourth-order valence-electron chi connectivity index (χ4n) is 1.75. The molecule has 0 radical (unpaired) electrons. The summed E-state index contributed by atoms with van der Waals surface area (Å²) < 4.78 is 0. The first kappa shape index (κ1) is 13.0. The third kappa shape index (κ3) is 2.56. The highest BCUT2D eigenvalue weighted by atomic mass is 35.5. The predicted molar refractivity (Wildman–Crippen MR) is 66.4 cm³/mol. The Labute approximate surface area is 101 Å². The zero-order chi connectivity index (χ0) is 12.3. The van der Waals surface area contributed by atoms with Gasteiger partial charge in [-0.25, -0.2) is 0 Å². The van der Waals surface area contributed by atoms with Crippen LogP contribution in [0.2, 0.25) is 5.02 Å². The number of carbonyl (C=O) groups excluding carboxylic acids is 1. The minimum absolute atomic E-state index is 0.0289. The molecule has 0 aliphatic rings. The molecule has 0 bridgehead atoms. The van der Waals surface area contributed by atoms with Crippen molar-refractivity contribution in [1.29, 1.82) is 0 Å². The van der Waals surface area contributed by atoms with Crippen molar-refractivity contribution >= 4 is 17.4 Å². The van der Waals surface area contributed by atoms with Gasteiger partial charge >= 0.3 is 0 Å². The van der Waals surface area contributed by atoms with Crippen LogP contribution in [-0.2, 0) is 0 Å². The van der Waals surface area contributed by atoms with Crippen LogP contribution in [0.5, 0.6) is 5.75 Å². The highest BCUT2D eigenvalue weighted by Crippen LogP contribution is 2.31. The van der Waals surface area contributed by atoms with Gasteiger partial charge in [0.15, 0.2) is 5.78 Å². The fraction of sp³-hybridized carbons (Fsp3) is 0.462. The first-order valence-electron chi connectivity index (χ1n) is 5.50. The molecule has 0 amide bonds. The Hall–Kier alpha value is -1.02. The standard InChI is InChI=1S/C13H17ClO2/c1-4-5-6-10(15)12-9(3)13(14)8(2)7-11(12)16/h7,16H,4-6H2,1-3H3. The van der Waals surface area contributed by atoms with Crippen LogP contribution in [0, 0.1) is 13.8 Å². The Morgan fingerprint density at radius 1 is 1.44 bits per heavy atom. The predicted octanol–water partition coefficient (Wildman–Crippen LogP) is 4.04. The molecule has 1 rings (SSSR count). The monoisotopic (exact) mass is 240 g/mol. The molecule has 88 valence electrons. The van der Waals surface area contributed by atoms with E-state index in [0.29, 0.717) is 22.6 Å². The summed E-state index contributed by atoms with van der Waals surface area (Å²) in [5, 5.41) is 10.4. The zero-order valence-electron chi connectivity index (χ0n) is 9.93. The maximum absolute atomic E-state index is 11.9. The zero-order valence-corrected chi connectivity index (χ0v) is 10.7. The highest BCUT2D eigenvalue weighted by Gasteiger charge is 2.17. The Morgan fingerprint density at radius 3 is 2.62 bits per heavy atom. The average molecular weight is 241 g/mol. The Bertz CT molecular complexity index is 411. The van der Waals surface area contributed by atoms with E-state index in [1.54, 1.807) is 13.0 Å². The molecule has 16 heavy (non-hydrogen) atoms. The maximum atomic E-state index is 11.9. The molecular weight excluding hydrogens is 224 g/mol. The van der Waals surface area contributed by atoms with Crippen LogP contribution in [0.1, 0.15) is 47.7 Å². The number of carbonyl (C=O) groups is 1. The van der Waals surface area contributed by atoms with E-state index in [2.05, 4.69) is 0 Å². The number of Topliss-reactive ketones (excluding diaryl/α,β-unsaturated/α-hetero) is 1. The molecule has 0 unspecified atom stereocenters. The molecule has 2 nitrogen and oxygen atoms in total. The largest absolute Gasteiger partial charge is 0.507 e. The first-order chi connectivity index (χ1) is 7.49. The summed E-state index contributed by atoms with van der Waals surface area (Å²) in [4.78, 5) is 11.9. The number of unbranched alkanes of at least 4 members (excludes halogenated alkanes) is 1. The van der Waals surface area contributed by atoms with Crippen LogP contribution in [0.3, 0.4) is 0 Å². The Balaban J connectivity index is 3.13. The van der Waals surface area contributed by atoms with Gasteiger partial charge in [0.1, 0.15) is 5.75 Å². The summed E-state index contributed by atoms with van der Waals surface area (Å²) in [6.45, 7) is 5.62. The van der Waals surface area contributed by atoms with Crippen molar-refractivity contribution in [2.45, 2.75) is 40.0 Å². The molecule has 0 saturated heterocycles. The van der Waals surface area contributed by atoms with Crippen molar-refractivity contribution < 1.29 is 9.90 Å². The lowest BCUT2D eigenvalue weighted by Gasteiger charge is -2.11. The number of phenols is 1. The van der Waals surface area contributed by atoms with Gasteiger partial charge in [0.05, 0.1) is 5.56 Å². The van der Waals surface area contributed by atoms with Gasteiger partial charge in [-0.3, -0.25) is 4.79 Å². The minimum atomic E-state index is -0.0289. The van der Waals surface area contributed by atoms with Gasteiger partial charge in [-0.1, -0.05) is 24.9 Å². The number of benzene rings is 1. The summed E-state index contributed by atoms with van der Waals surface area (Å²) in [6.07, 6.45) is 2.26. The molecule has 0 spiro atoms. The highest BCUT2D eigenvalue weighted by molar-refractivity contribution is 6.32. The third-order valence-corrected chi connectivity index (χ3v) is 3.28. The van der Waals surface area contributed by atoms with Crippen LogP contribution < -0.4 is 0 Å². The molecule has 0 aliphatic carbocycles. The van der Waals surface area contributed by atoms with Crippen LogP contribution >= 0.6 is 11.6 Å². The second-order valence-corrected chi connectivity index (χ2v) is 4.43. The topological polar surface area (TPSA) is 37.3 Å². The molecule has 0 aliphatic heterocycles. The van der Waals surface area contributed by atoms with E-state index >= 15 is 0 Å². The summed E-state index contributed by atoms with van der Waals surface area (Å²) in [5.74, 6) is 0.0132. The van der Waals surface area contributed by atoms with Crippen molar-refractivity contribution in [3.8, 4) is 5.75 Å². The SMILES string of the molecule is CCCCC(=O)c1c(O)cc(C)c(Cl)c1C. The molecule has 1 N–H and O–H groups in total. The summed E-state index contributed by atoms with van der Waals surface area (Å²) in [7, 11) is 0. The van der Waals surface area contributed by atoms with Crippen molar-refractivity contribution in [2.24, 2.45) is 0 Å². The molecule has 1 aromatic rings. The van der Waals surface area contributed by atoms with Crippen LogP contribution in [-0.4, -0.2) is 10.9 Å². The van der Waals surface area contributed by atoms with Crippen LogP contribution in [0.4, 0.5) is 0 Å². The van der Waals surface area contributed by atoms with Crippen molar-refractivity contribution in [2.75, 3.05) is 0 Å². The Kier molecular flexibility index (Phi) is 4.36. The van der Waals surface area contributed by atoms with Crippen molar-refractivity contribution in [1.82, 2.24) is 0 Å². The van der Waals surface area contributed by atoms with Crippen molar-refractivity contribution in [3.63, 3.8) is 0 Å². The van der Waals surface area contributed by atoms with E-state index < -0.39 is 0 Å². The van der Waals surface area contributed by atoms with Gasteiger partial charge in [0.2, 0.25) is 0 Å². The number of hydrogen-bond donors (Lipinski definition) is 1. The van der Waals surface area contributed by atoms with Gasteiger partial charge in [-0.05, 0) is 37.5 Å². The molecule has 0 atom stereocenters. The lowest BCUT2D eigenvalue weighted by Crippen LogP contribution is -2.03. The Morgan fingerprint density at radius 2 is 2.06 bits per heavy atom. The molecule has 3 heteroatoms. The number of halogens is 1. The van der Waals surface area contributed by atoms with E-state index in [1.807, 2.05) is 13.8 Å². The van der Waals surface area contributed by atoms with Crippen LogP contribution in [0.25, 0.3) is 0 Å². The third-order valence-electron chi connectivity index (χ3n) is 2.70. The summed E-state index contributed by atoms with van der Waals surface area (Å²) in [6, 6.07) is 1.55. The lowest BCUT2D eigenvalue weighted by molar-refractivity contribution is 0.0976. The van der Waals surface area contributed by atoms with Gasteiger partial charge in [-0.15, -0.1) is 0 Å². The summed E-state index contributed by atoms with van der Waals surface area (Å²) in [5.41, 5.74) is 1.85. The van der Waals surface area contributed by atoms with Crippen LogP contribution in [0.15, 0.2) is 6.07 Å². The second-order valence-electron chi connectivity index (χ2n) is 4.05. The normalized spacial score (nSPS) is 10.5. The number of phenolic OH excluding ortho intramolecular Hbond substituents is 1. The number of aromatic hydroxyl groups is 1. The molecule has 0 heterocycles. The quantitative estimate of drug-likeness (QED) is 0.807. The van der Waals surface area contributed by atoms with Gasteiger partial charge in [0, 0.05) is 11.4 Å². The van der Waals surface area contributed by atoms with Crippen molar-refractivity contribution in [3.05, 3.63) is 27.8 Å². The molecule has 0 saturated carbocycles. The van der Waals surface area contributed by atoms with E-state index in [-0.39, 0.29) is 11.5 Å². The fourth-order valence-corrected chi connectivity index (χ4v) is 1.90.